The van der Waals surface area contributed by atoms with E-state index in [0.29, 0.717) is 16.2 Å². The van der Waals surface area contributed by atoms with Crippen LogP contribution in [0.15, 0.2) is 42.5 Å². The first-order chi connectivity index (χ1) is 11.4. The Morgan fingerprint density at radius 1 is 1.29 bits per heavy atom. The Hall–Kier alpha value is -3.00. The minimum absolute atomic E-state index is 0.0114. The molecule has 122 valence electrons. The van der Waals surface area contributed by atoms with Gasteiger partial charge in [0, 0.05) is 10.8 Å². The van der Waals surface area contributed by atoms with Gasteiger partial charge in [-0.2, -0.15) is 4.39 Å². The molecule has 24 heavy (non-hydrogen) atoms. The second kappa shape index (κ2) is 6.25. The van der Waals surface area contributed by atoms with E-state index in [1.54, 1.807) is 6.07 Å². The van der Waals surface area contributed by atoms with Gasteiger partial charge in [-0.05, 0) is 41.3 Å². The fraction of sp³-hybridized carbons (Fsp3) is 0.0625. The number of nitrogen functional groups attached to an aromatic ring is 1. The van der Waals surface area contributed by atoms with Crippen molar-refractivity contribution in [1.29, 1.82) is 5.41 Å². The molecule has 3 N–H and O–H groups in total. The number of hydrogen-bond acceptors (Lipinski definition) is 5. The van der Waals surface area contributed by atoms with Crippen molar-refractivity contribution in [1.82, 2.24) is 0 Å². The lowest BCUT2D eigenvalue weighted by Gasteiger charge is -2.06. The maximum absolute atomic E-state index is 13.3. The summed E-state index contributed by atoms with van der Waals surface area (Å²) in [4.78, 5) is 10.7. The summed E-state index contributed by atoms with van der Waals surface area (Å²) in [5, 5.41) is 19.2. The van der Waals surface area contributed by atoms with Crippen molar-refractivity contribution in [3.05, 3.63) is 68.8 Å². The number of hydrogen-bond donors (Lipinski definition) is 2. The molecular weight excluding hydrogens is 333 g/mol. The first kappa shape index (κ1) is 15.9. The van der Waals surface area contributed by atoms with Crippen molar-refractivity contribution in [2.75, 3.05) is 0 Å². The predicted octanol–water partition coefficient (Wildman–Crippen LogP) is 3.81. The standard InChI is InChI=1S/C16H12FN3O3S/c17-12-4-1-9(5-13(12)20(21)22)8-23-11-3-2-10-6-15(16(18)19)24-14(10)7-11/h1-7H,8H2,(H3,18,19). The number of rotatable bonds is 5. The highest BCUT2D eigenvalue weighted by Crippen LogP contribution is 2.29. The summed E-state index contributed by atoms with van der Waals surface area (Å²) >= 11 is 1.38. The summed E-state index contributed by atoms with van der Waals surface area (Å²) in [5.41, 5.74) is 5.40. The molecule has 0 unspecified atom stereocenters. The fourth-order valence-corrected chi connectivity index (χ4v) is 3.14. The van der Waals surface area contributed by atoms with Gasteiger partial charge in [0.05, 0.1) is 9.80 Å². The predicted molar refractivity (Wildman–Crippen MR) is 90.2 cm³/mol. The van der Waals surface area contributed by atoms with Crippen molar-refractivity contribution in [3.8, 4) is 5.75 Å². The van der Waals surface area contributed by atoms with Gasteiger partial charge in [0.2, 0.25) is 5.82 Å². The minimum atomic E-state index is -0.875. The van der Waals surface area contributed by atoms with E-state index in [9.17, 15) is 14.5 Å². The molecule has 0 fully saturated rings. The van der Waals surface area contributed by atoms with Crippen LogP contribution in [0.25, 0.3) is 10.1 Å². The molecule has 0 amide bonds. The number of fused-ring (bicyclic) bond motifs is 1. The van der Waals surface area contributed by atoms with Crippen LogP contribution in [0.2, 0.25) is 0 Å². The van der Waals surface area contributed by atoms with Crippen LogP contribution in [0.4, 0.5) is 10.1 Å². The Morgan fingerprint density at radius 3 is 2.79 bits per heavy atom. The molecule has 0 saturated heterocycles. The Balaban J connectivity index is 1.79. The van der Waals surface area contributed by atoms with Gasteiger partial charge >= 0.3 is 5.69 Å². The number of nitro groups is 1. The smallest absolute Gasteiger partial charge is 0.305 e. The Morgan fingerprint density at radius 2 is 2.08 bits per heavy atom. The van der Waals surface area contributed by atoms with E-state index >= 15 is 0 Å². The van der Waals surface area contributed by atoms with E-state index in [-0.39, 0.29) is 12.4 Å². The van der Waals surface area contributed by atoms with Crippen molar-refractivity contribution < 1.29 is 14.1 Å². The summed E-state index contributed by atoms with van der Waals surface area (Å²) < 4.78 is 19.9. The second-order valence-electron chi connectivity index (χ2n) is 5.06. The quantitative estimate of drug-likeness (QED) is 0.318. The van der Waals surface area contributed by atoms with E-state index in [0.717, 1.165) is 22.2 Å². The third kappa shape index (κ3) is 3.18. The van der Waals surface area contributed by atoms with Gasteiger partial charge in [-0.1, -0.05) is 6.07 Å². The molecule has 0 spiro atoms. The highest BCUT2D eigenvalue weighted by Gasteiger charge is 2.14. The fourth-order valence-electron chi connectivity index (χ4n) is 2.19. The molecule has 8 heteroatoms. The van der Waals surface area contributed by atoms with Crippen LogP contribution in [-0.2, 0) is 6.61 Å². The maximum Gasteiger partial charge on any atom is 0.305 e. The van der Waals surface area contributed by atoms with Crippen molar-refractivity contribution in [2.24, 2.45) is 5.73 Å². The molecular formula is C16H12FN3O3S. The minimum Gasteiger partial charge on any atom is -0.489 e. The van der Waals surface area contributed by atoms with E-state index in [1.807, 2.05) is 18.2 Å². The summed E-state index contributed by atoms with van der Waals surface area (Å²) in [6.45, 7) is 0.0809. The number of benzene rings is 2. The first-order valence-electron chi connectivity index (χ1n) is 6.87. The lowest BCUT2D eigenvalue weighted by Crippen LogP contribution is -2.08. The van der Waals surface area contributed by atoms with E-state index < -0.39 is 16.4 Å². The molecule has 0 aliphatic carbocycles. The number of nitrogens with two attached hydrogens (primary N) is 1. The third-order valence-corrected chi connectivity index (χ3v) is 4.50. The van der Waals surface area contributed by atoms with Crippen molar-refractivity contribution in [2.45, 2.75) is 6.61 Å². The van der Waals surface area contributed by atoms with Crippen LogP contribution < -0.4 is 10.5 Å². The zero-order valence-corrected chi connectivity index (χ0v) is 13.1. The molecule has 0 saturated carbocycles. The topological polar surface area (TPSA) is 102 Å². The zero-order chi connectivity index (χ0) is 17.3. The number of ether oxygens (including phenoxy) is 1. The van der Waals surface area contributed by atoms with Crippen LogP contribution in [0.5, 0.6) is 5.75 Å². The normalized spacial score (nSPS) is 10.7. The van der Waals surface area contributed by atoms with E-state index in [1.165, 1.54) is 17.4 Å². The number of halogens is 1. The molecule has 0 radical (unpaired) electrons. The number of nitrogens with one attached hydrogen (secondary N) is 1. The van der Waals surface area contributed by atoms with Crippen LogP contribution >= 0.6 is 11.3 Å². The SMILES string of the molecule is N=C(N)c1cc2ccc(OCc3ccc(F)c([N+](=O)[O-])c3)cc2s1. The molecule has 3 rings (SSSR count). The molecule has 0 aliphatic heterocycles. The van der Waals surface area contributed by atoms with Gasteiger partial charge in [0.15, 0.2) is 0 Å². The monoisotopic (exact) mass is 345 g/mol. The zero-order valence-electron chi connectivity index (χ0n) is 12.3. The largest absolute Gasteiger partial charge is 0.489 e. The van der Waals surface area contributed by atoms with Crippen LogP contribution in [-0.4, -0.2) is 10.8 Å². The van der Waals surface area contributed by atoms with Gasteiger partial charge in [-0.15, -0.1) is 11.3 Å². The number of nitrogens with zero attached hydrogens (tertiary/aromatic N) is 1. The molecule has 0 bridgehead atoms. The first-order valence-corrected chi connectivity index (χ1v) is 7.69. The average molecular weight is 345 g/mol. The van der Waals surface area contributed by atoms with Crippen LogP contribution in [0.1, 0.15) is 10.4 Å². The van der Waals surface area contributed by atoms with Crippen LogP contribution in [0, 0.1) is 21.3 Å². The highest BCUT2D eigenvalue weighted by molar-refractivity contribution is 7.20. The summed E-state index contributed by atoms with van der Waals surface area (Å²) in [5.74, 6) is -0.288. The average Bonchev–Trinajstić information content (AvgIpc) is 2.97. The van der Waals surface area contributed by atoms with Gasteiger partial charge in [0.1, 0.15) is 18.2 Å². The Kier molecular flexibility index (Phi) is 4.13. The summed E-state index contributed by atoms with van der Waals surface area (Å²) in [6.07, 6.45) is 0. The van der Waals surface area contributed by atoms with E-state index in [4.69, 9.17) is 15.9 Å². The maximum atomic E-state index is 13.3. The lowest BCUT2D eigenvalue weighted by molar-refractivity contribution is -0.387. The molecule has 1 aromatic heterocycles. The molecule has 3 aromatic rings. The lowest BCUT2D eigenvalue weighted by atomic mass is 10.2. The van der Waals surface area contributed by atoms with Gasteiger partial charge in [0.25, 0.3) is 0 Å². The second-order valence-corrected chi connectivity index (χ2v) is 6.14. The number of nitro benzene ring substituents is 1. The molecule has 2 aromatic carbocycles. The van der Waals surface area contributed by atoms with Crippen molar-refractivity contribution in [3.63, 3.8) is 0 Å². The third-order valence-electron chi connectivity index (χ3n) is 3.37. The molecule has 1 heterocycles. The van der Waals surface area contributed by atoms with Gasteiger partial charge in [-0.3, -0.25) is 15.5 Å². The molecule has 0 atom stereocenters. The number of thiophene rings is 1. The molecule has 0 aliphatic rings. The highest BCUT2D eigenvalue weighted by atomic mass is 32.1. The molecule has 6 nitrogen and oxygen atoms in total. The van der Waals surface area contributed by atoms with Gasteiger partial charge in [-0.25, -0.2) is 0 Å². The van der Waals surface area contributed by atoms with E-state index in [2.05, 4.69) is 0 Å². The van der Waals surface area contributed by atoms with Crippen LogP contribution in [0.3, 0.4) is 0 Å². The summed E-state index contributed by atoms with van der Waals surface area (Å²) in [6, 6.07) is 10.9. The summed E-state index contributed by atoms with van der Waals surface area (Å²) in [7, 11) is 0. The Labute approximate surface area is 139 Å². The Bertz CT molecular complexity index is 955. The van der Waals surface area contributed by atoms with Crippen molar-refractivity contribution >= 4 is 32.9 Å². The number of amidine groups is 1. The van der Waals surface area contributed by atoms with Gasteiger partial charge < -0.3 is 10.5 Å².